The number of benzene rings is 1. The van der Waals surface area contributed by atoms with Crippen molar-refractivity contribution in [3.05, 3.63) is 29.8 Å². The number of nitrogens with one attached hydrogen (secondary N) is 1. The van der Waals surface area contributed by atoms with E-state index in [2.05, 4.69) is 20.5 Å². The average molecular weight is 363 g/mol. The topological polar surface area (TPSA) is 72.7 Å². The van der Waals surface area contributed by atoms with Crippen LogP contribution in [-0.2, 0) is 11.8 Å². The molecule has 1 amide bonds. The Bertz CT molecular complexity index is 918. The summed E-state index contributed by atoms with van der Waals surface area (Å²) in [6.45, 7) is 0. The van der Waals surface area contributed by atoms with E-state index in [1.54, 1.807) is 6.07 Å². The van der Waals surface area contributed by atoms with Crippen molar-refractivity contribution in [2.45, 2.75) is 23.9 Å². The maximum absolute atomic E-state index is 13.2. The number of nitrogens with zero attached hydrogens (tertiary/aromatic N) is 4. The van der Waals surface area contributed by atoms with Crippen LogP contribution in [0.1, 0.15) is 24.6 Å². The van der Waals surface area contributed by atoms with E-state index in [4.69, 9.17) is 0 Å². The van der Waals surface area contributed by atoms with Crippen LogP contribution in [0.25, 0.3) is 10.2 Å². The van der Waals surface area contributed by atoms with E-state index in [-0.39, 0.29) is 17.5 Å². The third-order valence-electron chi connectivity index (χ3n) is 3.74. The first-order valence-corrected chi connectivity index (χ1v) is 9.28. The van der Waals surface area contributed by atoms with Gasteiger partial charge in [-0.05, 0) is 31.0 Å². The highest BCUT2D eigenvalue weighted by atomic mass is 32.2. The van der Waals surface area contributed by atoms with Crippen molar-refractivity contribution in [2.75, 3.05) is 11.1 Å². The number of thioether (sulfide) groups is 1. The van der Waals surface area contributed by atoms with Crippen molar-refractivity contribution in [3.63, 3.8) is 0 Å². The molecule has 0 spiro atoms. The van der Waals surface area contributed by atoms with E-state index >= 15 is 0 Å². The molecule has 1 aliphatic rings. The largest absolute Gasteiger partial charge is 0.309 e. The predicted octanol–water partition coefficient (Wildman–Crippen LogP) is 3.17. The Hall–Kier alpha value is -2.00. The molecule has 0 radical (unpaired) electrons. The number of hydrogen-bond donors (Lipinski definition) is 1. The first-order valence-electron chi connectivity index (χ1n) is 7.48. The monoisotopic (exact) mass is 363 g/mol. The van der Waals surface area contributed by atoms with Gasteiger partial charge in [0, 0.05) is 13.0 Å². The summed E-state index contributed by atoms with van der Waals surface area (Å²) < 4.78 is 15.9. The minimum Gasteiger partial charge on any atom is -0.309 e. The second-order valence-electron chi connectivity index (χ2n) is 5.64. The molecule has 124 valence electrons. The number of hydrogen-bond acceptors (Lipinski definition) is 6. The van der Waals surface area contributed by atoms with Crippen LogP contribution in [-0.4, -0.2) is 31.4 Å². The number of fused-ring (bicyclic) bond motifs is 1. The summed E-state index contributed by atoms with van der Waals surface area (Å²) in [7, 11) is 1.93. The quantitative estimate of drug-likeness (QED) is 0.705. The lowest BCUT2D eigenvalue weighted by Gasteiger charge is -2.03. The van der Waals surface area contributed by atoms with E-state index in [1.165, 1.54) is 35.2 Å². The Morgan fingerprint density at radius 2 is 2.29 bits per heavy atom. The van der Waals surface area contributed by atoms with Crippen molar-refractivity contribution in [1.29, 1.82) is 0 Å². The summed E-state index contributed by atoms with van der Waals surface area (Å²) in [6.07, 6.45) is 2.32. The minimum absolute atomic E-state index is 0.171. The van der Waals surface area contributed by atoms with Gasteiger partial charge in [0.25, 0.3) is 0 Å². The van der Waals surface area contributed by atoms with Crippen molar-refractivity contribution >= 4 is 44.4 Å². The van der Waals surface area contributed by atoms with Crippen LogP contribution in [0.2, 0.25) is 0 Å². The number of thiazole rings is 1. The highest BCUT2D eigenvalue weighted by molar-refractivity contribution is 7.99. The summed E-state index contributed by atoms with van der Waals surface area (Å²) in [5.74, 6) is 1.25. The van der Waals surface area contributed by atoms with Gasteiger partial charge in [-0.25, -0.2) is 9.37 Å². The molecule has 4 rings (SSSR count). The highest BCUT2D eigenvalue weighted by Crippen LogP contribution is 2.39. The lowest BCUT2D eigenvalue weighted by molar-refractivity contribution is -0.113. The maximum Gasteiger partial charge on any atom is 0.236 e. The molecular weight excluding hydrogens is 349 g/mol. The minimum atomic E-state index is -0.312. The molecule has 6 nitrogen and oxygen atoms in total. The van der Waals surface area contributed by atoms with Gasteiger partial charge in [-0.1, -0.05) is 23.1 Å². The molecule has 0 saturated heterocycles. The Kier molecular flexibility index (Phi) is 3.97. The maximum atomic E-state index is 13.2. The molecule has 1 aromatic carbocycles. The van der Waals surface area contributed by atoms with E-state index in [9.17, 15) is 9.18 Å². The molecule has 3 aromatic rings. The molecule has 0 bridgehead atoms. The number of carbonyl (C=O) groups excluding carboxylic acids is 1. The number of aromatic nitrogens is 4. The van der Waals surface area contributed by atoms with E-state index in [0.717, 1.165) is 23.8 Å². The van der Waals surface area contributed by atoms with Gasteiger partial charge in [-0.15, -0.1) is 10.2 Å². The zero-order chi connectivity index (χ0) is 16.7. The normalized spacial score (nSPS) is 14.2. The Morgan fingerprint density at radius 1 is 1.46 bits per heavy atom. The number of amides is 1. The van der Waals surface area contributed by atoms with Gasteiger partial charge >= 0.3 is 0 Å². The molecule has 1 N–H and O–H groups in total. The van der Waals surface area contributed by atoms with Gasteiger partial charge in [-0.3, -0.25) is 4.79 Å². The molecule has 2 heterocycles. The molecule has 0 aliphatic heterocycles. The van der Waals surface area contributed by atoms with Crippen LogP contribution in [0.4, 0.5) is 9.52 Å². The molecule has 1 saturated carbocycles. The standard InChI is InChI=1S/C15H14FN5OS2/c1-21-13(8-2-3-8)19-20-15(21)23-7-12(22)18-14-17-10-5-4-9(16)6-11(10)24-14/h4-6,8H,2-3,7H2,1H3,(H,17,18,22). The Morgan fingerprint density at radius 3 is 3.08 bits per heavy atom. The number of halogens is 1. The fraction of sp³-hybridized carbons (Fsp3) is 0.333. The molecule has 0 atom stereocenters. The van der Waals surface area contributed by atoms with Crippen LogP contribution in [0.3, 0.4) is 0 Å². The van der Waals surface area contributed by atoms with Gasteiger partial charge in [0.2, 0.25) is 5.91 Å². The van der Waals surface area contributed by atoms with Gasteiger partial charge in [0.15, 0.2) is 10.3 Å². The van der Waals surface area contributed by atoms with E-state index < -0.39 is 0 Å². The fourth-order valence-electron chi connectivity index (χ4n) is 2.39. The second-order valence-corrected chi connectivity index (χ2v) is 7.62. The molecule has 1 fully saturated rings. The molecule has 2 aromatic heterocycles. The second kappa shape index (κ2) is 6.14. The van der Waals surface area contributed by atoms with Gasteiger partial charge in [0.1, 0.15) is 11.6 Å². The first kappa shape index (κ1) is 15.5. The molecular formula is C15H14FN5OS2. The zero-order valence-electron chi connectivity index (χ0n) is 12.8. The lowest BCUT2D eigenvalue weighted by atomic mass is 10.3. The van der Waals surface area contributed by atoms with E-state index in [0.29, 0.717) is 21.3 Å². The van der Waals surface area contributed by atoms with Crippen LogP contribution in [0, 0.1) is 5.82 Å². The van der Waals surface area contributed by atoms with Crippen LogP contribution in [0.15, 0.2) is 23.4 Å². The van der Waals surface area contributed by atoms with Crippen LogP contribution in [0.5, 0.6) is 0 Å². The third-order valence-corrected chi connectivity index (χ3v) is 5.69. The number of anilines is 1. The van der Waals surface area contributed by atoms with Gasteiger partial charge < -0.3 is 9.88 Å². The summed E-state index contributed by atoms with van der Waals surface area (Å²) in [4.78, 5) is 16.4. The molecule has 9 heteroatoms. The van der Waals surface area contributed by atoms with Crippen molar-refractivity contribution < 1.29 is 9.18 Å². The van der Waals surface area contributed by atoms with Crippen LogP contribution < -0.4 is 5.32 Å². The third kappa shape index (κ3) is 3.13. The van der Waals surface area contributed by atoms with Crippen molar-refractivity contribution in [3.8, 4) is 0 Å². The first-order chi connectivity index (χ1) is 11.6. The van der Waals surface area contributed by atoms with Gasteiger partial charge in [0.05, 0.1) is 16.0 Å². The summed E-state index contributed by atoms with van der Waals surface area (Å²) in [5, 5.41) is 12.3. The highest BCUT2D eigenvalue weighted by Gasteiger charge is 2.29. The number of carbonyl (C=O) groups is 1. The summed E-state index contributed by atoms with van der Waals surface area (Å²) in [6, 6.07) is 4.37. The average Bonchev–Trinajstić information content (AvgIpc) is 3.21. The van der Waals surface area contributed by atoms with E-state index in [1.807, 2.05) is 11.6 Å². The van der Waals surface area contributed by atoms with Gasteiger partial charge in [-0.2, -0.15) is 0 Å². The molecule has 1 aliphatic carbocycles. The Labute approximate surface area is 145 Å². The lowest BCUT2D eigenvalue weighted by Crippen LogP contribution is -2.14. The smallest absolute Gasteiger partial charge is 0.236 e. The molecule has 24 heavy (non-hydrogen) atoms. The van der Waals surface area contributed by atoms with Crippen molar-refractivity contribution in [1.82, 2.24) is 19.7 Å². The zero-order valence-corrected chi connectivity index (χ0v) is 14.5. The van der Waals surface area contributed by atoms with Crippen LogP contribution >= 0.6 is 23.1 Å². The van der Waals surface area contributed by atoms with Crippen molar-refractivity contribution in [2.24, 2.45) is 7.05 Å². The number of rotatable bonds is 5. The summed E-state index contributed by atoms with van der Waals surface area (Å²) in [5.41, 5.74) is 0.673. The fourth-order valence-corrected chi connectivity index (χ4v) is 4.01. The Balaban J connectivity index is 1.39. The SMILES string of the molecule is Cn1c(SCC(=O)Nc2nc3ccc(F)cc3s2)nnc1C1CC1. The summed E-state index contributed by atoms with van der Waals surface area (Å²) >= 11 is 2.60. The predicted molar refractivity (Wildman–Crippen MR) is 91.9 cm³/mol. The molecule has 0 unspecified atom stereocenters.